The Labute approximate surface area is 126 Å². The lowest BCUT2D eigenvalue weighted by atomic mass is 10.0. The van der Waals surface area contributed by atoms with Gasteiger partial charge in [0.05, 0.1) is 13.5 Å². The van der Waals surface area contributed by atoms with E-state index in [0.717, 1.165) is 17.7 Å². The number of Topliss-reactive ketones (excluding diaryl/α,β-unsaturated/α-hetero) is 1. The zero-order valence-electron chi connectivity index (χ0n) is 11.5. The molecule has 0 radical (unpaired) electrons. The van der Waals surface area contributed by atoms with Crippen LogP contribution in [-0.4, -0.2) is 34.8 Å². The lowest BCUT2D eigenvalue weighted by Crippen LogP contribution is -2.08. The van der Waals surface area contributed by atoms with Crippen LogP contribution in [0, 0.1) is 0 Å². The summed E-state index contributed by atoms with van der Waals surface area (Å²) < 4.78 is 4.62. The SMILES string of the molecule is COC(=O)CCc1[nH]ccc1C(=O)CCC1CCSS1. The molecule has 0 bridgehead atoms. The summed E-state index contributed by atoms with van der Waals surface area (Å²) in [5.74, 6) is 1.11. The van der Waals surface area contributed by atoms with E-state index in [-0.39, 0.29) is 11.8 Å². The molecule has 2 heterocycles. The van der Waals surface area contributed by atoms with Crippen molar-refractivity contribution in [2.75, 3.05) is 12.9 Å². The molecule has 20 heavy (non-hydrogen) atoms. The maximum absolute atomic E-state index is 12.2. The second kappa shape index (κ2) is 7.78. The molecule has 0 aliphatic carbocycles. The van der Waals surface area contributed by atoms with E-state index in [4.69, 9.17) is 0 Å². The minimum absolute atomic E-state index is 0.170. The van der Waals surface area contributed by atoms with Crippen molar-refractivity contribution in [3.05, 3.63) is 23.5 Å². The molecule has 1 aromatic rings. The Kier molecular flexibility index (Phi) is 6.04. The molecule has 1 N–H and O–H groups in total. The zero-order valence-corrected chi connectivity index (χ0v) is 13.1. The van der Waals surface area contributed by atoms with Gasteiger partial charge in [-0.25, -0.2) is 0 Å². The minimum atomic E-state index is -0.252. The molecule has 110 valence electrons. The maximum Gasteiger partial charge on any atom is 0.305 e. The number of hydrogen-bond donors (Lipinski definition) is 1. The Morgan fingerprint density at radius 3 is 3.00 bits per heavy atom. The molecule has 0 spiro atoms. The second-order valence-electron chi connectivity index (χ2n) is 4.74. The van der Waals surface area contributed by atoms with Crippen LogP contribution in [-0.2, 0) is 16.0 Å². The number of rotatable bonds is 7. The van der Waals surface area contributed by atoms with Gasteiger partial charge in [0, 0.05) is 34.9 Å². The molecular weight excluding hydrogens is 294 g/mol. The van der Waals surface area contributed by atoms with Gasteiger partial charge < -0.3 is 9.72 Å². The summed E-state index contributed by atoms with van der Waals surface area (Å²) in [5.41, 5.74) is 1.57. The first-order valence-corrected chi connectivity index (χ1v) is 9.13. The van der Waals surface area contributed by atoms with Gasteiger partial charge in [0.2, 0.25) is 0 Å². The number of aromatic amines is 1. The molecule has 1 saturated heterocycles. The highest BCUT2D eigenvalue weighted by Crippen LogP contribution is 2.39. The quantitative estimate of drug-likeness (QED) is 0.476. The summed E-state index contributed by atoms with van der Waals surface area (Å²) >= 11 is 0. The Morgan fingerprint density at radius 1 is 1.45 bits per heavy atom. The van der Waals surface area contributed by atoms with Crippen molar-refractivity contribution in [1.29, 1.82) is 0 Å². The molecule has 4 nitrogen and oxygen atoms in total. The Balaban J connectivity index is 1.85. The smallest absolute Gasteiger partial charge is 0.305 e. The van der Waals surface area contributed by atoms with Gasteiger partial charge in [-0.2, -0.15) is 0 Å². The van der Waals surface area contributed by atoms with E-state index in [9.17, 15) is 9.59 Å². The van der Waals surface area contributed by atoms with Crippen molar-refractivity contribution in [1.82, 2.24) is 4.98 Å². The number of ketones is 1. The van der Waals surface area contributed by atoms with Crippen LogP contribution in [0.3, 0.4) is 0 Å². The summed E-state index contributed by atoms with van der Waals surface area (Å²) in [6.45, 7) is 0. The van der Waals surface area contributed by atoms with Gasteiger partial charge in [-0.15, -0.1) is 0 Å². The van der Waals surface area contributed by atoms with Crippen LogP contribution in [0.5, 0.6) is 0 Å². The third-order valence-electron chi connectivity index (χ3n) is 3.36. The molecule has 1 aliphatic heterocycles. The van der Waals surface area contributed by atoms with Crippen molar-refractivity contribution in [2.45, 2.75) is 37.4 Å². The first kappa shape index (κ1) is 15.5. The molecule has 0 saturated carbocycles. The molecular formula is C14H19NO3S2. The van der Waals surface area contributed by atoms with E-state index in [0.29, 0.717) is 24.5 Å². The van der Waals surface area contributed by atoms with Crippen LogP contribution in [0.25, 0.3) is 0 Å². The van der Waals surface area contributed by atoms with Crippen LogP contribution < -0.4 is 0 Å². The number of aromatic nitrogens is 1. The molecule has 1 atom stereocenters. The van der Waals surface area contributed by atoms with E-state index >= 15 is 0 Å². The van der Waals surface area contributed by atoms with Gasteiger partial charge in [0.15, 0.2) is 5.78 Å². The van der Waals surface area contributed by atoms with Crippen LogP contribution in [0.15, 0.2) is 12.3 Å². The summed E-state index contributed by atoms with van der Waals surface area (Å²) in [4.78, 5) is 26.5. The first-order chi connectivity index (χ1) is 9.70. The van der Waals surface area contributed by atoms with Gasteiger partial charge in [-0.05, 0) is 25.3 Å². The molecule has 1 aromatic heterocycles. The molecule has 1 unspecified atom stereocenters. The van der Waals surface area contributed by atoms with E-state index in [1.54, 1.807) is 6.20 Å². The Bertz CT molecular complexity index is 467. The fraction of sp³-hybridized carbons (Fsp3) is 0.571. The van der Waals surface area contributed by atoms with E-state index in [2.05, 4.69) is 9.72 Å². The number of H-pyrrole nitrogens is 1. The number of carbonyl (C=O) groups is 2. The first-order valence-electron chi connectivity index (χ1n) is 6.75. The van der Waals surface area contributed by atoms with Crippen molar-refractivity contribution in [3.8, 4) is 0 Å². The molecule has 2 rings (SSSR count). The normalized spacial score (nSPS) is 18.1. The Morgan fingerprint density at radius 2 is 2.30 bits per heavy atom. The monoisotopic (exact) mass is 313 g/mol. The molecule has 1 fully saturated rings. The molecule has 0 amide bonds. The lowest BCUT2D eigenvalue weighted by molar-refractivity contribution is -0.140. The maximum atomic E-state index is 12.2. The van der Waals surface area contributed by atoms with E-state index in [1.807, 2.05) is 27.7 Å². The summed E-state index contributed by atoms with van der Waals surface area (Å²) in [6.07, 6.45) is 5.31. The summed E-state index contributed by atoms with van der Waals surface area (Å²) in [7, 11) is 5.17. The third-order valence-corrected chi connectivity index (χ3v) is 6.37. The summed E-state index contributed by atoms with van der Waals surface area (Å²) in [6, 6.07) is 1.81. The van der Waals surface area contributed by atoms with E-state index in [1.165, 1.54) is 19.3 Å². The average Bonchev–Trinajstić information content (AvgIpc) is 3.13. The average molecular weight is 313 g/mol. The van der Waals surface area contributed by atoms with Crippen molar-refractivity contribution in [3.63, 3.8) is 0 Å². The predicted octanol–water partition coefficient (Wildman–Crippen LogP) is 3.24. The number of carbonyl (C=O) groups excluding carboxylic acids is 2. The lowest BCUT2D eigenvalue weighted by Gasteiger charge is -2.07. The number of methoxy groups -OCH3 is 1. The van der Waals surface area contributed by atoms with Gasteiger partial charge in [0.25, 0.3) is 0 Å². The molecule has 1 aliphatic rings. The van der Waals surface area contributed by atoms with Crippen molar-refractivity contribution >= 4 is 33.3 Å². The number of esters is 1. The standard InChI is InChI=1S/C14H19NO3S2/c1-18-14(17)5-3-12-11(6-8-15-12)13(16)4-2-10-7-9-19-20-10/h6,8,10,15H,2-5,7,9H2,1H3. The van der Waals surface area contributed by atoms with Crippen molar-refractivity contribution < 1.29 is 14.3 Å². The second-order valence-corrected chi connectivity index (χ2v) is 7.52. The van der Waals surface area contributed by atoms with E-state index < -0.39 is 0 Å². The molecule has 0 aromatic carbocycles. The Hall–Kier alpha value is -0.880. The largest absolute Gasteiger partial charge is 0.469 e. The highest BCUT2D eigenvalue weighted by Gasteiger charge is 2.19. The highest BCUT2D eigenvalue weighted by molar-refractivity contribution is 8.77. The molecule has 6 heteroatoms. The van der Waals surface area contributed by atoms with Crippen LogP contribution >= 0.6 is 21.6 Å². The van der Waals surface area contributed by atoms with Crippen molar-refractivity contribution in [2.24, 2.45) is 0 Å². The minimum Gasteiger partial charge on any atom is -0.469 e. The van der Waals surface area contributed by atoms with Crippen LogP contribution in [0.1, 0.15) is 41.7 Å². The van der Waals surface area contributed by atoms with Gasteiger partial charge in [0.1, 0.15) is 0 Å². The van der Waals surface area contributed by atoms with Crippen LogP contribution in [0.4, 0.5) is 0 Å². The van der Waals surface area contributed by atoms with Crippen LogP contribution in [0.2, 0.25) is 0 Å². The predicted molar refractivity (Wildman–Crippen MR) is 83.1 cm³/mol. The third kappa shape index (κ3) is 4.31. The number of ether oxygens (including phenoxy) is 1. The number of aryl methyl sites for hydroxylation is 1. The fourth-order valence-electron chi connectivity index (χ4n) is 2.19. The zero-order chi connectivity index (χ0) is 14.4. The van der Waals surface area contributed by atoms with Gasteiger partial charge >= 0.3 is 5.97 Å². The van der Waals surface area contributed by atoms with Gasteiger partial charge in [-0.3, -0.25) is 9.59 Å². The highest BCUT2D eigenvalue weighted by atomic mass is 33.1. The topological polar surface area (TPSA) is 59.2 Å². The van der Waals surface area contributed by atoms with Gasteiger partial charge in [-0.1, -0.05) is 21.6 Å². The number of nitrogens with one attached hydrogen (secondary N) is 1. The summed E-state index contributed by atoms with van der Waals surface area (Å²) in [5, 5.41) is 0.612. The number of hydrogen-bond acceptors (Lipinski definition) is 5. The fourth-order valence-corrected chi connectivity index (χ4v) is 5.17.